The van der Waals surface area contributed by atoms with Crippen LogP contribution in [-0.4, -0.2) is 43.5 Å². The zero-order chi connectivity index (χ0) is 16.6. The van der Waals surface area contributed by atoms with E-state index in [2.05, 4.69) is 5.10 Å². The highest BCUT2D eigenvalue weighted by Gasteiger charge is 2.45. The molecule has 0 atom stereocenters. The molecule has 0 saturated carbocycles. The van der Waals surface area contributed by atoms with E-state index in [1.807, 2.05) is 30.3 Å². The molecule has 1 aromatic heterocycles. The Balaban J connectivity index is 1.80. The maximum atomic E-state index is 12.2. The maximum absolute atomic E-state index is 12.2. The number of carbonyl (C=O) groups is 3. The Bertz CT molecular complexity index is 767. The molecule has 2 aromatic rings. The van der Waals surface area contributed by atoms with Crippen LogP contribution in [0.5, 0.6) is 0 Å². The topological polar surface area (TPSA) is 75.5 Å². The van der Waals surface area contributed by atoms with E-state index in [9.17, 15) is 14.4 Å². The molecule has 0 bridgehead atoms. The molecule has 0 aliphatic carbocycles. The van der Waals surface area contributed by atoms with Crippen LogP contribution in [0.1, 0.15) is 19.5 Å². The molecule has 4 amide bonds. The number of imide groups is 2. The van der Waals surface area contributed by atoms with Gasteiger partial charge in [-0.1, -0.05) is 18.2 Å². The van der Waals surface area contributed by atoms with Gasteiger partial charge in [-0.15, -0.1) is 0 Å². The van der Waals surface area contributed by atoms with E-state index in [4.69, 9.17) is 0 Å². The second-order valence-electron chi connectivity index (χ2n) is 5.53. The summed E-state index contributed by atoms with van der Waals surface area (Å²) in [6.07, 6.45) is 1.75. The van der Waals surface area contributed by atoms with Crippen molar-refractivity contribution in [2.75, 3.05) is 0 Å². The molecule has 0 spiro atoms. The lowest BCUT2D eigenvalue weighted by atomic mass is 10.3. The fraction of sp³-hybridized carbons (Fsp3) is 0.250. The van der Waals surface area contributed by atoms with Gasteiger partial charge in [-0.05, 0) is 32.0 Å². The van der Waals surface area contributed by atoms with Crippen molar-refractivity contribution in [2.45, 2.75) is 26.4 Å². The lowest BCUT2D eigenvalue weighted by Gasteiger charge is -2.17. The number of hydrogen-bond acceptors (Lipinski definition) is 4. The van der Waals surface area contributed by atoms with Gasteiger partial charge in [-0.25, -0.2) is 14.4 Å². The Morgan fingerprint density at radius 1 is 1.00 bits per heavy atom. The van der Waals surface area contributed by atoms with Crippen molar-refractivity contribution in [1.82, 2.24) is 19.6 Å². The third-order valence-corrected chi connectivity index (χ3v) is 3.59. The van der Waals surface area contributed by atoms with Gasteiger partial charge >= 0.3 is 17.8 Å². The van der Waals surface area contributed by atoms with E-state index >= 15 is 0 Å². The minimum Gasteiger partial charge on any atom is -0.263 e. The molecule has 3 rings (SSSR count). The molecule has 1 saturated heterocycles. The highest BCUT2D eigenvalue weighted by atomic mass is 16.2. The van der Waals surface area contributed by atoms with E-state index in [0.29, 0.717) is 5.69 Å². The second kappa shape index (κ2) is 5.68. The first-order valence-corrected chi connectivity index (χ1v) is 7.28. The Labute approximate surface area is 133 Å². The number of benzene rings is 1. The minimum absolute atomic E-state index is 0.0214. The molecule has 7 nitrogen and oxygen atoms in total. The molecule has 0 unspecified atom stereocenters. The van der Waals surface area contributed by atoms with Crippen LogP contribution in [0.25, 0.3) is 5.69 Å². The van der Waals surface area contributed by atoms with Gasteiger partial charge in [0.2, 0.25) is 0 Å². The molecule has 1 aromatic carbocycles. The average molecular weight is 312 g/mol. The highest BCUT2D eigenvalue weighted by Crippen LogP contribution is 2.18. The molecule has 118 valence electrons. The van der Waals surface area contributed by atoms with E-state index in [1.165, 1.54) is 0 Å². The largest absolute Gasteiger partial charge is 0.334 e. The zero-order valence-electron chi connectivity index (χ0n) is 12.8. The third kappa shape index (κ3) is 2.61. The Kier molecular flexibility index (Phi) is 3.69. The maximum Gasteiger partial charge on any atom is 0.334 e. The number of amides is 4. The highest BCUT2D eigenvalue weighted by molar-refractivity contribution is 6.44. The molecule has 1 aliphatic heterocycles. The van der Waals surface area contributed by atoms with Gasteiger partial charge in [0.15, 0.2) is 0 Å². The first-order chi connectivity index (χ1) is 11.0. The molecule has 23 heavy (non-hydrogen) atoms. The van der Waals surface area contributed by atoms with Crippen LogP contribution in [0.4, 0.5) is 4.79 Å². The Morgan fingerprint density at radius 3 is 2.30 bits per heavy atom. The van der Waals surface area contributed by atoms with Crippen LogP contribution in [0.2, 0.25) is 0 Å². The summed E-state index contributed by atoms with van der Waals surface area (Å²) in [5.41, 5.74) is 1.41. The molecule has 1 fully saturated rings. The van der Waals surface area contributed by atoms with Crippen LogP contribution in [0, 0.1) is 0 Å². The van der Waals surface area contributed by atoms with Crippen molar-refractivity contribution in [3.05, 3.63) is 48.3 Å². The van der Waals surface area contributed by atoms with Gasteiger partial charge in [0.25, 0.3) is 0 Å². The van der Waals surface area contributed by atoms with Crippen LogP contribution < -0.4 is 0 Å². The minimum atomic E-state index is -0.807. The fourth-order valence-electron chi connectivity index (χ4n) is 2.45. The van der Waals surface area contributed by atoms with E-state index in [0.717, 1.165) is 15.5 Å². The Morgan fingerprint density at radius 2 is 1.70 bits per heavy atom. The van der Waals surface area contributed by atoms with Crippen molar-refractivity contribution >= 4 is 17.8 Å². The summed E-state index contributed by atoms with van der Waals surface area (Å²) in [4.78, 5) is 38.0. The SMILES string of the molecule is CC(C)N1C(=O)C(=O)N(Cc2ccn(-c3ccccc3)n2)C1=O. The molecule has 0 N–H and O–H groups in total. The monoisotopic (exact) mass is 312 g/mol. The quantitative estimate of drug-likeness (QED) is 0.634. The predicted octanol–water partition coefficient (Wildman–Crippen LogP) is 1.57. The number of nitrogens with zero attached hydrogens (tertiary/aromatic N) is 4. The van der Waals surface area contributed by atoms with Gasteiger partial charge in [-0.2, -0.15) is 5.10 Å². The summed E-state index contributed by atoms with van der Waals surface area (Å²) in [6.45, 7) is 3.36. The number of hydrogen-bond donors (Lipinski definition) is 0. The van der Waals surface area contributed by atoms with Crippen LogP contribution in [-0.2, 0) is 16.1 Å². The van der Waals surface area contributed by atoms with E-state index < -0.39 is 17.8 Å². The van der Waals surface area contributed by atoms with Crippen molar-refractivity contribution in [3.63, 3.8) is 0 Å². The molecule has 7 heteroatoms. The third-order valence-electron chi connectivity index (χ3n) is 3.59. The molecular weight excluding hydrogens is 296 g/mol. The van der Waals surface area contributed by atoms with Gasteiger partial charge in [-0.3, -0.25) is 14.5 Å². The normalized spacial score (nSPS) is 15.2. The lowest BCUT2D eigenvalue weighted by molar-refractivity contribution is -0.144. The summed E-state index contributed by atoms with van der Waals surface area (Å²) in [7, 11) is 0. The standard InChI is InChI=1S/C16H16N4O3/c1-11(2)20-15(22)14(21)18(16(20)23)10-12-8-9-19(17-12)13-6-4-3-5-7-13/h3-9,11H,10H2,1-2H3. The zero-order valence-corrected chi connectivity index (χ0v) is 12.8. The average Bonchev–Trinajstić information content (AvgIpc) is 3.08. The number of rotatable bonds is 4. The summed E-state index contributed by atoms with van der Waals surface area (Å²) in [6, 6.07) is 10.2. The summed E-state index contributed by atoms with van der Waals surface area (Å²) in [5, 5.41) is 4.35. The lowest BCUT2D eigenvalue weighted by Crippen LogP contribution is -2.37. The molecular formula is C16H16N4O3. The van der Waals surface area contributed by atoms with Gasteiger partial charge in [0, 0.05) is 12.2 Å². The summed E-state index contributed by atoms with van der Waals surface area (Å²) < 4.78 is 1.66. The second-order valence-corrected chi connectivity index (χ2v) is 5.53. The van der Waals surface area contributed by atoms with Crippen LogP contribution >= 0.6 is 0 Å². The number of carbonyl (C=O) groups excluding carboxylic acids is 3. The molecule has 1 aliphatic rings. The first-order valence-electron chi connectivity index (χ1n) is 7.28. The number of aromatic nitrogens is 2. The smallest absolute Gasteiger partial charge is 0.263 e. The Hall–Kier alpha value is -2.96. The fourth-order valence-corrected chi connectivity index (χ4v) is 2.45. The van der Waals surface area contributed by atoms with Gasteiger partial charge in [0.05, 0.1) is 17.9 Å². The van der Waals surface area contributed by atoms with Crippen molar-refractivity contribution in [3.8, 4) is 5.69 Å². The molecule has 2 heterocycles. The number of urea groups is 1. The van der Waals surface area contributed by atoms with E-state index in [1.54, 1.807) is 30.8 Å². The van der Waals surface area contributed by atoms with Crippen molar-refractivity contribution in [1.29, 1.82) is 0 Å². The summed E-state index contributed by atoms with van der Waals surface area (Å²) >= 11 is 0. The van der Waals surface area contributed by atoms with Gasteiger partial charge < -0.3 is 0 Å². The van der Waals surface area contributed by atoms with Crippen LogP contribution in [0.3, 0.4) is 0 Å². The van der Waals surface area contributed by atoms with Crippen LogP contribution in [0.15, 0.2) is 42.6 Å². The van der Waals surface area contributed by atoms with Crippen molar-refractivity contribution < 1.29 is 14.4 Å². The van der Waals surface area contributed by atoms with Crippen molar-refractivity contribution in [2.24, 2.45) is 0 Å². The predicted molar refractivity (Wildman–Crippen MR) is 81.5 cm³/mol. The first kappa shape index (κ1) is 15.0. The molecule has 0 radical (unpaired) electrons. The summed E-state index contributed by atoms with van der Waals surface area (Å²) in [5.74, 6) is -1.59. The number of para-hydroxylation sites is 1. The van der Waals surface area contributed by atoms with E-state index in [-0.39, 0.29) is 12.6 Å². The van der Waals surface area contributed by atoms with Gasteiger partial charge in [0.1, 0.15) is 0 Å².